The van der Waals surface area contributed by atoms with E-state index in [0.717, 1.165) is 112 Å². The molecule has 0 saturated heterocycles. The quantitative estimate of drug-likeness (QED) is 0.143. The van der Waals surface area contributed by atoms with Gasteiger partial charge in [0.25, 0.3) is 5.69 Å². The number of rotatable bonds is 8. The fourth-order valence-electron chi connectivity index (χ4n) is 10.3. The van der Waals surface area contributed by atoms with Crippen LogP contribution in [0.25, 0.3) is 101 Å². The maximum atomic E-state index is 5.25. The SMILES string of the molecule is c1ccc(-c2ccc(-c3ccccc3-c3cc(-c4ccccc4-c4ccc(-c5ccccc5)nc4)cc(-c4ccccc4-c4cnc5c(c4)[N+]4=Nc6ccccc6C4c4ccccc4-5)c3)cn2)cc1. The standard InChI is InChI=1S/C64H42N5/c1-3-17-42(18-4-1)59-33-31-44(39-65-59)50-21-7-9-23-52(50)46-35-47(53-24-10-8-22-51(53)45-32-34-60(66-40-45)43-19-5-2-6-20-43)37-48(36-46)54-25-11-12-26-55(54)49-38-62-63(67-41-49)56-27-13-14-28-57(56)64-58-29-15-16-30-61(58)68-69(62)64/h1-41,64H/q+1. The highest BCUT2D eigenvalue weighted by molar-refractivity contribution is 5.94. The van der Waals surface area contributed by atoms with Gasteiger partial charge in [0.2, 0.25) is 6.04 Å². The zero-order valence-corrected chi connectivity index (χ0v) is 37.5. The van der Waals surface area contributed by atoms with Crippen molar-refractivity contribution in [1.82, 2.24) is 15.0 Å². The molecule has 0 amide bonds. The smallest absolute Gasteiger partial charge is 0.256 e. The topological polar surface area (TPSA) is 54.0 Å². The number of benzene rings is 8. The number of hydrogen-bond donors (Lipinski definition) is 0. The number of fused-ring (bicyclic) bond motifs is 8. The molecule has 11 aromatic rings. The molecule has 0 saturated carbocycles. The summed E-state index contributed by atoms with van der Waals surface area (Å²) in [4.78, 5) is 15.2. The minimum atomic E-state index is -0.0222. The van der Waals surface area contributed by atoms with Crippen molar-refractivity contribution in [3.8, 4) is 101 Å². The second-order valence-electron chi connectivity index (χ2n) is 17.6. The van der Waals surface area contributed by atoms with E-state index in [9.17, 15) is 0 Å². The van der Waals surface area contributed by atoms with Crippen LogP contribution < -0.4 is 0 Å². The summed E-state index contributed by atoms with van der Waals surface area (Å²) in [6.45, 7) is 0. The van der Waals surface area contributed by atoms with Crippen LogP contribution >= 0.6 is 0 Å². The van der Waals surface area contributed by atoms with Crippen molar-refractivity contribution in [2.75, 3.05) is 0 Å². The largest absolute Gasteiger partial charge is 0.259 e. The van der Waals surface area contributed by atoms with Crippen molar-refractivity contribution in [3.05, 3.63) is 260 Å². The highest BCUT2D eigenvalue weighted by Crippen LogP contribution is 2.52. The first-order valence-corrected chi connectivity index (χ1v) is 23.4. The molecule has 5 nitrogen and oxygen atoms in total. The van der Waals surface area contributed by atoms with Gasteiger partial charge in [-0.05, 0) is 92.5 Å². The Labute approximate surface area is 401 Å². The Bertz CT molecular complexity index is 3620. The number of azo groups is 2. The van der Waals surface area contributed by atoms with Crippen LogP contribution in [0.5, 0.6) is 0 Å². The molecule has 0 radical (unpaired) electrons. The monoisotopic (exact) mass is 880 g/mol. The van der Waals surface area contributed by atoms with E-state index in [0.29, 0.717) is 0 Å². The van der Waals surface area contributed by atoms with Gasteiger partial charge in [-0.25, -0.2) is 4.98 Å². The molecule has 0 aliphatic carbocycles. The third-order valence-corrected chi connectivity index (χ3v) is 13.6. The molecule has 5 heteroatoms. The molecule has 8 aromatic carbocycles. The summed E-state index contributed by atoms with van der Waals surface area (Å²) in [6, 6.07) is 81.8. The van der Waals surface area contributed by atoms with Crippen molar-refractivity contribution in [2.24, 2.45) is 5.11 Å². The van der Waals surface area contributed by atoms with Crippen LogP contribution in [-0.2, 0) is 0 Å². The van der Waals surface area contributed by atoms with E-state index in [-0.39, 0.29) is 6.04 Å². The number of hydrogen-bond acceptors (Lipinski definition) is 4. The summed E-state index contributed by atoms with van der Waals surface area (Å²) in [5.41, 5.74) is 23.7. The van der Waals surface area contributed by atoms with E-state index in [1.54, 1.807) is 0 Å². The fraction of sp³-hybridized carbons (Fsp3) is 0.0156. The Balaban J connectivity index is 0.975. The number of aromatic nitrogens is 3. The Hall–Kier alpha value is -9.19. The van der Waals surface area contributed by atoms with E-state index >= 15 is 0 Å². The second-order valence-corrected chi connectivity index (χ2v) is 17.6. The zero-order chi connectivity index (χ0) is 45.7. The Morgan fingerprint density at radius 2 is 0.696 bits per heavy atom. The lowest BCUT2D eigenvalue weighted by molar-refractivity contribution is -0.537. The lowest BCUT2D eigenvalue weighted by Crippen LogP contribution is -2.17. The molecule has 1 atom stereocenters. The second kappa shape index (κ2) is 16.9. The van der Waals surface area contributed by atoms with Gasteiger partial charge in [0.1, 0.15) is 11.4 Å². The molecule has 2 aliphatic heterocycles. The highest BCUT2D eigenvalue weighted by atomic mass is 15.3. The molecule has 0 bridgehead atoms. The van der Waals surface area contributed by atoms with E-state index in [2.05, 4.69) is 223 Å². The molecule has 0 spiro atoms. The number of pyridine rings is 3. The van der Waals surface area contributed by atoms with Gasteiger partial charge < -0.3 is 0 Å². The van der Waals surface area contributed by atoms with Gasteiger partial charge in [0.15, 0.2) is 0 Å². The normalized spacial score (nSPS) is 13.2. The Morgan fingerprint density at radius 3 is 1.19 bits per heavy atom. The van der Waals surface area contributed by atoms with Crippen molar-refractivity contribution >= 4 is 11.4 Å². The summed E-state index contributed by atoms with van der Waals surface area (Å²) in [5, 5.41) is 5.21. The third-order valence-electron chi connectivity index (χ3n) is 13.6. The summed E-state index contributed by atoms with van der Waals surface area (Å²) in [5.74, 6) is 0. The van der Waals surface area contributed by atoms with Crippen molar-refractivity contribution < 1.29 is 4.70 Å². The van der Waals surface area contributed by atoms with Gasteiger partial charge in [-0.3, -0.25) is 9.97 Å². The molecule has 69 heavy (non-hydrogen) atoms. The molecule has 0 fully saturated rings. The summed E-state index contributed by atoms with van der Waals surface area (Å²) in [7, 11) is 0. The predicted octanol–water partition coefficient (Wildman–Crippen LogP) is 16.7. The summed E-state index contributed by atoms with van der Waals surface area (Å²) >= 11 is 0. The highest BCUT2D eigenvalue weighted by Gasteiger charge is 2.44. The first-order valence-electron chi connectivity index (χ1n) is 23.4. The third kappa shape index (κ3) is 7.16. The van der Waals surface area contributed by atoms with Crippen LogP contribution in [0.1, 0.15) is 17.2 Å². The molecule has 1 unspecified atom stereocenters. The minimum absolute atomic E-state index is 0.0222. The molecular formula is C64H42N5+. The van der Waals surface area contributed by atoms with E-state index in [4.69, 9.17) is 20.1 Å². The van der Waals surface area contributed by atoms with Gasteiger partial charge in [-0.1, -0.05) is 187 Å². The van der Waals surface area contributed by atoms with Crippen LogP contribution in [0.4, 0.5) is 11.4 Å². The lowest BCUT2D eigenvalue weighted by atomic mass is 9.86. The average Bonchev–Trinajstić information content (AvgIpc) is 3.84. The van der Waals surface area contributed by atoms with Crippen molar-refractivity contribution in [2.45, 2.75) is 6.04 Å². The Kier molecular flexibility index (Phi) is 9.83. The first-order chi connectivity index (χ1) is 34.2. The molecular weight excluding hydrogens is 839 g/mol. The first kappa shape index (κ1) is 40.1. The molecule has 13 rings (SSSR count). The van der Waals surface area contributed by atoms with Gasteiger partial charge in [-0.15, -0.1) is 0 Å². The van der Waals surface area contributed by atoms with Crippen LogP contribution in [-0.4, -0.2) is 19.6 Å². The zero-order valence-electron chi connectivity index (χ0n) is 37.5. The summed E-state index contributed by atoms with van der Waals surface area (Å²) < 4.78 is 2.18. The van der Waals surface area contributed by atoms with Crippen LogP contribution in [0.2, 0.25) is 0 Å². The maximum Gasteiger partial charge on any atom is 0.259 e. The fourth-order valence-corrected chi connectivity index (χ4v) is 10.3. The van der Waals surface area contributed by atoms with E-state index in [1.807, 2.05) is 30.7 Å². The minimum Gasteiger partial charge on any atom is -0.256 e. The van der Waals surface area contributed by atoms with Crippen molar-refractivity contribution in [3.63, 3.8) is 0 Å². The van der Waals surface area contributed by atoms with E-state index in [1.165, 1.54) is 11.1 Å². The predicted molar refractivity (Wildman–Crippen MR) is 279 cm³/mol. The average molecular weight is 881 g/mol. The van der Waals surface area contributed by atoms with Crippen LogP contribution in [0.3, 0.4) is 0 Å². The molecule has 3 aromatic heterocycles. The van der Waals surface area contributed by atoms with Crippen LogP contribution in [0, 0.1) is 0 Å². The van der Waals surface area contributed by atoms with Gasteiger partial charge >= 0.3 is 0 Å². The van der Waals surface area contributed by atoms with E-state index < -0.39 is 0 Å². The molecule has 322 valence electrons. The molecule has 2 aliphatic rings. The van der Waals surface area contributed by atoms with Gasteiger partial charge in [-0.2, -0.15) is 0 Å². The van der Waals surface area contributed by atoms with Gasteiger partial charge in [0, 0.05) is 68.7 Å². The summed E-state index contributed by atoms with van der Waals surface area (Å²) in [6.07, 6.45) is 6.03. The molecule has 5 heterocycles. The number of nitrogens with zero attached hydrogens (tertiary/aromatic N) is 5. The lowest BCUT2D eigenvalue weighted by Gasteiger charge is -2.21. The van der Waals surface area contributed by atoms with Crippen LogP contribution in [0.15, 0.2) is 254 Å². The Morgan fingerprint density at radius 1 is 0.290 bits per heavy atom. The van der Waals surface area contributed by atoms with Gasteiger partial charge in [0.05, 0.1) is 17.0 Å². The van der Waals surface area contributed by atoms with Crippen molar-refractivity contribution in [1.29, 1.82) is 0 Å². The molecule has 0 N–H and O–H groups in total. The maximum absolute atomic E-state index is 5.25.